The summed E-state index contributed by atoms with van der Waals surface area (Å²) in [6.07, 6.45) is 6.07. The number of fused-ring (bicyclic) bond motifs is 7. The van der Waals surface area contributed by atoms with Gasteiger partial charge in [0.15, 0.2) is 11.2 Å². The van der Waals surface area contributed by atoms with Crippen molar-refractivity contribution in [1.29, 1.82) is 0 Å². The third-order valence-electron chi connectivity index (χ3n) is 3.79. The molecule has 1 aliphatic heterocycles. The molecule has 0 amide bonds. The van der Waals surface area contributed by atoms with E-state index < -0.39 is 0 Å². The van der Waals surface area contributed by atoms with Crippen LogP contribution in [0.2, 0.25) is 0 Å². The fourth-order valence-electron chi connectivity index (χ4n) is 2.96. The predicted molar refractivity (Wildman–Crippen MR) is 75.3 cm³/mol. The number of hydrogen-bond donors (Lipinski definition) is 0. The summed E-state index contributed by atoms with van der Waals surface area (Å²) in [5.74, 6) is 0. The van der Waals surface area contributed by atoms with Crippen molar-refractivity contribution in [2.24, 2.45) is 0 Å². The summed E-state index contributed by atoms with van der Waals surface area (Å²) in [5.41, 5.74) is 5.26. The fourth-order valence-corrected chi connectivity index (χ4v) is 4.15. The number of imidazole rings is 1. The van der Waals surface area contributed by atoms with Crippen LogP contribution in [0.3, 0.4) is 0 Å². The van der Waals surface area contributed by atoms with Gasteiger partial charge in [-0.25, -0.2) is 4.57 Å². The van der Waals surface area contributed by atoms with Crippen molar-refractivity contribution in [3.63, 3.8) is 0 Å². The Kier molecular flexibility index (Phi) is 1.64. The summed E-state index contributed by atoms with van der Waals surface area (Å²) in [5, 5.41) is 0. The number of rotatable bonds is 0. The molecule has 3 nitrogen and oxygen atoms in total. The Morgan fingerprint density at radius 1 is 1.21 bits per heavy atom. The van der Waals surface area contributed by atoms with Gasteiger partial charge in [0.05, 0.1) is 4.70 Å². The Bertz CT molecular complexity index is 949. The summed E-state index contributed by atoms with van der Waals surface area (Å²) in [4.78, 5) is 5.55. The standard InChI is InChI=1S/C15H10N3S/c1-2-4-13-12(3-1)18-9-17-8-10-7-16-6-5-11(10)14(17)15(18)19-13/h1-7,9H,8H2/q+1. The minimum Gasteiger partial charge on any atom is -0.264 e. The Morgan fingerprint density at radius 3 is 3.16 bits per heavy atom. The number of para-hydroxylation sites is 1. The molecule has 0 radical (unpaired) electrons. The minimum atomic E-state index is 0.932. The average Bonchev–Trinajstić information content (AvgIpc) is 3.05. The lowest BCUT2D eigenvalue weighted by Crippen LogP contribution is -2.29. The topological polar surface area (TPSA) is 21.2 Å². The van der Waals surface area contributed by atoms with E-state index in [4.69, 9.17) is 0 Å². The molecule has 0 spiro atoms. The molecule has 0 fully saturated rings. The van der Waals surface area contributed by atoms with Gasteiger partial charge in [0.1, 0.15) is 6.54 Å². The molecule has 5 rings (SSSR count). The monoisotopic (exact) mass is 264 g/mol. The van der Waals surface area contributed by atoms with Crippen LogP contribution < -0.4 is 4.57 Å². The van der Waals surface area contributed by atoms with Gasteiger partial charge in [-0.05, 0) is 18.2 Å². The predicted octanol–water partition coefficient (Wildman–Crippen LogP) is 2.87. The van der Waals surface area contributed by atoms with E-state index in [1.807, 2.05) is 23.7 Å². The van der Waals surface area contributed by atoms with Crippen LogP contribution in [0.5, 0.6) is 0 Å². The zero-order valence-corrected chi connectivity index (χ0v) is 10.9. The number of aromatic nitrogens is 3. The van der Waals surface area contributed by atoms with Gasteiger partial charge in [-0.1, -0.05) is 23.5 Å². The van der Waals surface area contributed by atoms with Crippen LogP contribution in [0.15, 0.2) is 49.1 Å². The van der Waals surface area contributed by atoms with E-state index in [1.165, 1.54) is 31.9 Å². The third kappa shape index (κ3) is 1.12. The molecule has 90 valence electrons. The number of benzene rings is 1. The van der Waals surface area contributed by atoms with Crippen LogP contribution in [0, 0.1) is 0 Å². The molecular weight excluding hydrogens is 254 g/mol. The summed E-state index contributed by atoms with van der Waals surface area (Å²) in [6.45, 7) is 0.932. The lowest BCUT2D eigenvalue weighted by Gasteiger charge is -1.91. The first kappa shape index (κ1) is 9.69. The number of thiazole rings is 1. The first-order valence-corrected chi connectivity index (χ1v) is 7.09. The Hall–Kier alpha value is -2.20. The van der Waals surface area contributed by atoms with Crippen molar-refractivity contribution in [3.05, 3.63) is 54.6 Å². The van der Waals surface area contributed by atoms with E-state index >= 15 is 0 Å². The SMILES string of the molecule is c1ccc2c(c1)sc1c3[n+](cn12)Cc1cnccc1-3. The molecule has 0 aliphatic carbocycles. The van der Waals surface area contributed by atoms with Crippen molar-refractivity contribution >= 4 is 26.4 Å². The normalized spacial score (nSPS) is 13.1. The first-order valence-electron chi connectivity index (χ1n) is 6.27. The second kappa shape index (κ2) is 3.22. The van der Waals surface area contributed by atoms with Gasteiger partial charge in [-0.2, -0.15) is 4.40 Å². The van der Waals surface area contributed by atoms with Crippen LogP contribution in [0.4, 0.5) is 0 Å². The van der Waals surface area contributed by atoms with E-state index in [0.717, 1.165) is 6.54 Å². The quantitative estimate of drug-likeness (QED) is 0.394. The van der Waals surface area contributed by atoms with E-state index in [1.54, 1.807) is 0 Å². The largest absolute Gasteiger partial charge is 0.264 e. The van der Waals surface area contributed by atoms with Crippen LogP contribution >= 0.6 is 11.3 Å². The molecule has 0 atom stereocenters. The maximum absolute atomic E-state index is 4.23. The smallest absolute Gasteiger partial charge is 0.251 e. The van der Waals surface area contributed by atoms with Crippen molar-refractivity contribution in [1.82, 2.24) is 9.38 Å². The molecule has 19 heavy (non-hydrogen) atoms. The van der Waals surface area contributed by atoms with Crippen LogP contribution in [0.25, 0.3) is 26.3 Å². The van der Waals surface area contributed by atoms with Gasteiger partial charge in [0, 0.05) is 23.5 Å². The summed E-state index contributed by atoms with van der Waals surface area (Å²) < 4.78 is 5.96. The lowest BCUT2D eigenvalue weighted by molar-refractivity contribution is -0.671. The van der Waals surface area contributed by atoms with Crippen LogP contribution in [0.1, 0.15) is 5.56 Å². The molecule has 4 heterocycles. The first-order chi connectivity index (χ1) is 9.42. The molecule has 1 aliphatic rings. The second-order valence-electron chi connectivity index (χ2n) is 4.87. The molecule has 3 aromatic heterocycles. The molecular formula is C15H10N3S+. The maximum Gasteiger partial charge on any atom is 0.251 e. The molecule has 0 unspecified atom stereocenters. The fraction of sp³-hybridized carbons (Fsp3) is 0.0667. The van der Waals surface area contributed by atoms with Crippen molar-refractivity contribution in [2.45, 2.75) is 6.54 Å². The highest BCUT2D eigenvalue weighted by atomic mass is 32.1. The van der Waals surface area contributed by atoms with Crippen LogP contribution in [-0.2, 0) is 6.54 Å². The molecule has 4 aromatic rings. The maximum atomic E-state index is 4.23. The summed E-state index contributed by atoms with van der Waals surface area (Å²) >= 11 is 1.86. The van der Waals surface area contributed by atoms with E-state index in [-0.39, 0.29) is 0 Å². The highest BCUT2D eigenvalue weighted by Crippen LogP contribution is 2.36. The third-order valence-corrected chi connectivity index (χ3v) is 4.94. The summed E-state index contributed by atoms with van der Waals surface area (Å²) in [6, 6.07) is 10.7. The van der Waals surface area contributed by atoms with Crippen LogP contribution in [-0.4, -0.2) is 9.38 Å². The summed E-state index contributed by atoms with van der Waals surface area (Å²) in [7, 11) is 0. The molecule has 0 saturated carbocycles. The molecule has 1 aromatic carbocycles. The number of pyridine rings is 1. The Morgan fingerprint density at radius 2 is 2.16 bits per heavy atom. The average molecular weight is 264 g/mol. The zero-order valence-electron chi connectivity index (χ0n) is 10.1. The minimum absolute atomic E-state index is 0.932. The molecule has 4 heteroatoms. The molecule has 0 N–H and O–H groups in total. The van der Waals surface area contributed by atoms with Crippen molar-refractivity contribution in [2.75, 3.05) is 0 Å². The Balaban J connectivity index is 1.97. The van der Waals surface area contributed by atoms with Gasteiger partial charge >= 0.3 is 0 Å². The van der Waals surface area contributed by atoms with Gasteiger partial charge in [-0.3, -0.25) is 4.98 Å². The second-order valence-corrected chi connectivity index (χ2v) is 5.90. The highest BCUT2D eigenvalue weighted by molar-refractivity contribution is 7.24. The Labute approximate surface area is 113 Å². The zero-order chi connectivity index (χ0) is 12.4. The lowest BCUT2D eigenvalue weighted by atomic mass is 10.1. The van der Waals surface area contributed by atoms with Gasteiger partial charge in [0.2, 0.25) is 4.83 Å². The van der Waals surface area contributed by atoms with E-state index in [9.17, 15) is 0 Å². The van der Waals surface area contributed by atoms with Gasteiger partial charge < -0.3 is 0 Å². The van der Waals surface area contributed by atoms with E-state index in [2.05, 4.69) is 50.6 Å². The number of hydrogen-bond acceptors (Lipinski definition) is 2. The molecule has 0 bridgehead atoms. The highest BCUT2D eigenvalue weighted by Gasteiger charge is 2.30. The van der Waals surface area contributed by atoms with Gasteiger partial charge in [0.25, 0.3) is 6.33 Å². The van der Waals surface area contributed by atoms with Crippen molar-refractivity contribution < 1.29 is 4.57 Å². The number of nitrogens with zero attached hydrogens (tertiary/aromatic N) is 3. The molecule has 0 saturated heterocycles. The van der Waals surface area contributed by atoms with E-state index in [0.29, 0.717) is 0 Å². The van der Waals surface area contributed by atoms with Gasteiger partial charge in [-0.15, -0.1) is 0 Å². The van der Waals surface area contributed by atoms with Crippen molar-refractivity contribution in [3.8, 4) is 11.3 Å².